The highest BCUT2D eigenvalue weighted by molar-refractivity contribution is 9.11. The van der Waals surface area contributed by atoms with Gasteiger partial charge in [0.15, 0.2) is 0 Å². The second-order valence-electron chi connectivity index (χ2n) is 1.86. The molecule has 0 saturated carbocycles. The topological polar surface area (TPSA) is 17.8 Å². The molecule has 0 spiro atoms. The maximum Gasteiger partial charge on any atom is 0.257 e. The molecule has 0 aliphatic heterocycles. The van der Waals surface area contributed by atoms with Gasteiger partial charge in [-0.2, -0.15) is 5.10 Å². The average molecular weight is 290 g/mol. The first-order chi connectivity index (χ1) is 5.09. The van der Waals surface area contributed by atoms with E-state index in [1.165, 1.54) is 4.68 Å². The van der Waals surface area contributed by atoms with E-state index >= 15 is 0 Å². The van der Waals surface area contributed by atoms with Crippen molar-refractivity contribution in [3.8, 4) is 0 Å². The van der Waals surface area contributed by atoms with Gasteiger partial charge in [-0.15, -0.1) is 0 Å². The van der Waals surface area contributed by atoms with E-state index in [9.17, 15) is 8.78 Å². The maximum atomic E-state index is 11.8. The summed E-state index contributed by atoms with van der Waals surface area (Å²) in [5.74, 6) is 0. The molecule has 2 nitrogen and oxygen atoms in total. The minimum atomic E-state index is -2.38. The lowest BCUT2D eigenvalue weighted by Crippen LogP contribution is -2.07. The second-order valence-corrected chi connectivity index (χ2v) is 3.49. The van der Waals surface area contributed by atoms with Crippen LogP contribution in [0.5, 0.6) is 0 Å². The predicted molar refractivity (Wildman–Crippen MR) is 43.6 cm³/mol. The molecule has 11 heavy (non-hydrogen) atoms. The van der Waals surface area contributed by atoms with E-state index in [1.807, 2.05) is 0 Å². The summed E-state index contributed by atoms with van der Waals surface area (Å²) in [6, 6.07) is 1.61. The molecular formula is C5H4Br2F2N2. The summed E-state index contributed by atoms with van der Waals surface area (Å²) < 4.78 is 25.9. The highest BCUT2D eigenvalue weighted by Crippen LogP contribution is 2.17. The molecule has 1 heterocycles. The highest BCUT2D eigenvalue weighted by Gasteiger charge is 2.08. The van der Waals surface area contributed by atoms with Gasteiger partial charge in [-0.1, -0.05) is 0 Å². The highest BCUT2D eigenvalue weighted by atomic mass is 79.9. The first kappa shape index (κ1) is 9.12. The number of halogens is 4. The summed E-state index contributed by atoms with van der Waals surface area (Å²) >= 11 is 6.15. The van der Waals surface area contributed by atoms with Crippen molar-refractivity contribution in [1.82, 2.24) is 9.78 Å². The lowest BCUT2D eigenvalue weighted by molar-refractivity contribution is 0.121. The van der Waals surface area contributed by atoms with Crippen molar-refractivity contribution in [2.75, 3.05) is 0 Å². The first-order valence-electron chi connectivity index (χ1n) is 2.76. The molecule has 6 heteroatoms. The molecule has 1 aromatic heterocycles. The number of aromatic nitrogens is 2. The molecule has 62 valence electrons. The lowest BCUT2D eigenvalue weighted by atomic mass is 10.7. The summed E-state index contributed by atoms with van der Waals surface area (Å²) in [6.07, 6.45) is -2.38. The molecule has 0 unspecified atom stereocenters. The minimum Gasteiger partial charge on any atom is -0.252 e. The quantitative estimate of drug-likeness (QED) is 0.818. The Morgan fingerprint density at radius 3 is 2.55 bits per heavy atom. The zero-order chi connectivity index (χ0) is 8.43. The van der Waals surface area contributed by atoms with E-state index in [0.29, 0.717) is 9.21 Å². The third-order valence-electron chi connectivity index (χ3n) is 1.01. The van der Waals surface area contributed by atoms with E-state index < -0.39 is 6.43 Å². The minimum absolute atomic E-state index is 0.383. The summed E-state index contributed by atoms with van der Waals surface area (Å²) in [5, 5.41) is 3.76. The van der Waals surface area contributed by atoms with Crippen molar-refractivity contribution in [3.05, 3.63) is 15.3 Å². The number of hydrogen-bond donors (Lipinski definition) is 0. The standard InChI is InChI=1S/C5H4Br2F2N2/c6-3-1-4(7)11(10-3)2-5(8)9/h1,5H,2H2. The van der Waals surface area contributed by atoms with E-state index in [0.717, 1.165) is 0 Å². The molecular weight excluding hydrogens is 286 g/mol. The molecule has 1 rings (SSSR count). The summed E-state index contributed by atoms with van der Waals surface area (Å²) in [4.78, 5) is 0. The molecule has 1 aromatic rings. The van der Waals surface area contributed by atoms with Crippen LogP contribution in [0.1, 0.15) is 0 Å². The van der Waals surface area contributed by atoms with Gasteiger partial charge in [0.1, 0.15) is 15.8 Å². The van der Waals surface area contributed by atoms with Gasteiger partial charge >= 0.3 is 0 Å². The van der Waals surface area contributed by atoms with Crippen molar-refractivity contribution < 1.29 is 8.78 Å². The maximum absolute atomic E-state index is 11.8. The van der Waals surface area contributed by atoms with E-state index in [4.69, 9.17) is 0 Å². The molecule has 0 fully saturated rings. The van der Waals surface area contributed by atoms with Gasteiger partial charge in [0, 0.05) is 6.07 Å². The van der Waals surface area contributed by atoms with Crippen LogP contribution in [-0.4, -0.2) is 16.2 Å². The van der Waals surface area contributed by atoms with Gasteiger partial charge in [-0.3, -0.25) is 4.68 Å². The molecule has 0 bridgehead atoms. The third kappa shape index (κ3) is 2.52. The van der Waals surface area contributed by atoms with Crippen molar-refractivity contribution >= 4 is 31.9 Å². The Morgan fingerprint density at radius 2 is 2.18 bits per heavy atom. The Labute approximate surface area is 78.8 Å². The Hall–Kier alpha value is 0.0300. The average Bonchev–Trinajstić information content (AvgIpc) is 2.09. The van der Waals surface area contributed by atoms with Crippen LogP contribution in [0.3, 0.4) is 0 Å². The van der Waals surface area contributed by atoms with Crippen molar-refractivity contribution in [2.45, 2.75) is 13.0 Å². The van der Waals surface area contributed by atoms with Crippen LogP contribution in [0.4, 0.5) is 8.78 Å². The molecule has 0 aliphatic carbocycles. The van der Waals surface area contributed by atoms with Gasteiger partial charge in [-0.05, 0) is 31.9 Å². The predicted octanol–water partition coefficient (Wildman–Crippen LogP) is 2.67. The summed E-state index contributed by atoms with van der Waals surface area (Å²) in [6.45, 7) is -0.383. The van der Waals surface area contributed by atoms with Gasteiger partial charge in [0.2, 0.25) is 0 Å². The van der Waals surface area contributed by atoms with Crippen molar-refractivity contribution in [3.63, 3.8) is 0 Å². The molecule has 0 saturated heterocycles. The zero-order valence-corrected chi connectivity index (χ0v) is 8.44. The molecule has 0 N–H and O–H groups in total. The molecule has 0 atom stereocenters. The fourth-order valence-corrected chi connectivity index (χ4v) is 1.78. The largest absolute Gasteiger partial charge is 0.257 e. The van der Waals surface area contributed by atoms with Crippen LogP contribution in [-0.2, 0) is 6.54 Å². The smallest absolute Gasteiger partial charge is 0.252 e. The molecule has 0 aromatic carbocycles. The van der Waals surface area contributed by atoms with Crippen LogP contribution in [0.25, 0.3) is 0 Å². The van der Waals surface area contributed by atoms with Crippen LogP contribution in [0.15, 0.2) is 15.3 Å². The number of nitrogens with zero attached hydrogens (tertiary/aromatic N) is 2. The lowest BCUT2D eigenvalue weighted by Gasteiger charge is -1.99. The molecule has 0 aliphatic rings. The van der Waals surface area contributed by atoms with Gasteiger partial charge in [-0.25, -0.2) is 8.78 Å². The van der Waals surface area contributed by atoms with Crippen molar-refractivity contribution in [1.29, 1.82) is 0 Å². The molecule has 0 amide bonds. The Balaban J connectivity index is 2.77. The fraction of sp³-hybridized carbons (Fsp3) is 0.400. The van der Waals surface area contributed by atoms with E-state index in [2.05, 4.69) is 37.0 Å². The van der Waals surface area contributed by atoms with Gasteiger partial charge in [0.25, 0.3) is 6.43 Å². The normalized spacial score (nSPS) is 11.0. The monoisotopic (exact) mass is 288 g/mol. The van der Waals surface area contributed by atoms with Crippen LogP contribution in [0.2, 0.25) is 0 Å². The zero-order valence-electron chi connectivity index (χ0n) is 5.27. The van der Waals surface area contributed by atoms with E-state index in [-0.39, 0.29) is 6.54 Å². The number of hydrogen-bond acceptors (Lipinski definition) is 1. The second kappa shape index (κ2) is 3.62. The van der Waals surface area contributed by atoms with Crippen LogP contribution >= 0.6 is 31.9 Å². The van der Waals surface area contributed by atoms with E-state index in [1.54, 1.807) is 6.07 Å². The van der Waals surface area contributed by atoms with Crippen molar-refractivity contribution in [2.24, 2.45) is 0 Å². The fourth-order valence-electron chi connectivity index (χ4n) is 0.624. The third-order valence-corrected chi connectivity index (χ3v) is 2.04. The Morgan fingerprint density at radius 1 is 1.55 bits per heavy atom. The van der Waals surface area contributed by atoms with Gasteiger partial charge < -0.3 is 0 Å². The summed E-state index contributed by atoms with van der Waals surface area (Å²) in [7, 11) is 0. The first-order valence-corrected chi connectivity index (χ1v) is 4.35. The van der Waals surface area contributed by atoms with Gasteiger partial charge in [0.05, 0.1) is 0 Å². The van der Waals surface area contributed by atoms with Crippen LogP contribution in [0, 0.1) is 0 Å². The summed E-state index contributed by atoms with van der Waals surface area (Å²) in [5.41, 5.74) is 0. The van der Waals surface area contributed by atoms with Crippen LogP contribution < -0.4 is 0 Å². The SMILES string of the molecule is FC(F)Cn1nc(Br)cc1Br. The Kier molecular flexibility index (Phi) is 3.00. The molecule has 0 radical (unpaired) electrons. The Bertz CT molecular complexity index is 249. The number of alkyl halides is 2. The number of rotatable bonds is 2.